The summed E-state index contributed by atoms with van der Waals surface area (Å²) in [5.74, 6) is -1.11. The zero-order chi connectivity index (χ0) is 16.0. The van der Waals surface area contributed by atoms with E-state index in [0.717, 1.165) is 0 Å². The number of halogens is 1. The van der Waals surface area contributed by atoms with Crippen LogP contribution in [0.3, 0.4) is 0 Å². The van der Waals surface area contributed by atoms with Crippen LogP contribution < -0.4 is 11.1 Å². The number of amides is 2. The minimum Gasteiger partial charge on any atom is -0.383 e. The maximum Gasteiger partial charge on any atom is 0.249 e. The van der Waals surface area contributed by atoms with Crippen LogP contribution in [-0.4, -0.2) is 34.1 Å². The molecule has 1 aromatic rings. The van der Waals surface area contributed by atoms with Crippen LogP contribution >= 0.6 is 11.6 Å². The molecule has 116 valence electrons. The lowest BCUT2D eigenvalue weighted by atomic mass is 10.0. The summed E-state index contributed by atoms with van der Waals surface area (Å²) in [6, 6.07) is 2.38. The third-order valence-corrected chi connectivity index (χ3v) is 3.11. The number of primary amides is 1. The van der Waals surface area contributed by atoms with Crippen molar-refractivity contribution < 1.29 is 14.7 Å². The molecule has 0 fully saturated rings. The van der Waals surface area contributed by atoms with E-state index < -0.39 is 24.0 Å². The van der Waals surface area contributed by atoms with Gasteiger partial charge in [-0.3, -0.25) is 9.59 Å². The Morgan fingerprint density at radius 2 is 2.10 bits per heavy atom. The predicted octanol–water partition coefficient (Wildman–Crippen LogP) is 0.655. The molecule has 4 N–H and O–H groups in total. The molecule has 0 unspecified atom stereocenters. The number of hydrogen-bond donors (Lipinski definition) is 3. The summed E-state index contributed by atoms with van der Waals surface area (Å²) < 4.78 is 0. The molecule has 0 saturated heterocycles. The number of pyridine rings is 1. The van der Waals surface area contributed by atoms with Crippen molar-refractivity contribution in [3.8, 4) is 0 Å². The Balaban J connectivity index is 2.67. The fourth-order valence-corrected chi connectivity index (χ4v) is 1.92. The molecule has 0 spiro atoms. The van der Waals surface area contributed by atoms with Gasteiger partial charge in [-0.2, -0.15) is 0 Å². The van der Waals surface area contributed by atoms with Gasteiger partial charge in [0, 0.05) is 12.6 Å². The molecule has 0 saturated carbocycles. The van der Waals surface area contributed by atoms with Gasteiger partial charge >= 0.3 is 0 Å². The van der Waals surface area contributed by atoms with E-state index in [9.17, 15) is 14.7 Å². The second-order valence-electron chi connectivity index (χ2n) is 5.30. The van der Waals surface area contributed by atoms with Crippen molar-refractivity contribution >= 4 is 23.4 Å². The maximum absolute atomic E-state index is 11.8. The Morgan fingerprint density at radius 3 is 2.57 bits per heavy atom. The number of hydrogen-bond acceptors (Lipinski definition) is 4. The SMILES string of the molecule is CC(C)C[C@H](O)C(=O)N[C@H](Cc1ccc(Cl)nc1)C(N)=O. The number of carbonyl (C=O) groups excluding carboxylic acids is 2. The third kappa shape index (κ3) is 6.10. The van der Waals surface area contributed by atoms with Crippen molar-refractivity contribution in [3.63, 3.8) is 0 Å². The van der Waals surface area contributed by atoms with E-state index in [1.807, 2.05) is 13.8 Å². The molecule has 6 nitrogen and oxygen atoms in total. The summed E-state index contributed by atoms with van der Waals surface area (Å²) in [5, 5.41) is 12.5. The second-order valence-corrected chi connectivity index (χ2v) is 5.69. The molecule has 0 aliphatic rings. The molecule has 0 aromatic carbocycles. The molecule has 1 heterocycles. The highest BCUT2D eigenvalue weighted by molar-refractivity contribution is 6.29. The van der Waals surface area contributed by atoms with Crippen molar-refractivity contribution in [2.45, 2.75) is 38.8 Å². The molecule has 21 heavy (non-hydrogen) atoms. The lowest BCUT2D eigenvalue weighted by Crippen LogP contribution is -2.49. The van der Waals surface area contributed by atoms with Crippen LogP contribution in [-0.2, 0) is 16.0 Å². The predicted molar refractivity (Wildman–Crippen MR) is 79.5 cm³/mol. The minimum absolute atomic E-state index is 0.165. The standard InChI is InChI=1S/C14H20ClN3O3/c1-8(2)5-11(19)14(21)18-10(13(16)20)6-9-3-4-12(15)17-7-9/h3-4,7-8,10-11,19H,5-6H2,1-2H3,(H2,16,20)(H,18,21)/t10-,11+/m1/s1. The minimum atomic E-state index is -1.16. The summed E-state index contributed by atoms with van der Waals surface area (Å²) in [5.41, 5.74) is 5.99. The number of aromatic nitrogens is 1. The average Bonchev–Trinajstić information content (AvgIpc) is 2.39. The Morgan fingerprint density at radius 1 is 1.43 bits per heavy atom. The van der Waals surface area contributed by atoms with Gasteiger partial charge in [0.25, 0.3) is 0 Å². The molecule has 0 radical (unpaired) electrons. The van der Waals surface area contributed by atoms with E-state index in [1.165, 1.54) is 6.20 Å². The van der Waals surface area contributed by atoms with Crippen LogP contribution in [0.5, 0.6) is 0 Å². The highest BCUT2D eigenvalue weighted by atomic mass is 35.5. The summed E-state index contributed by atoms with van der Waals surface area (Å²) >= 11 is 5.68. The summed E-state index contributed by atoms with van der Waals surface area (Å²) in [4.78, 5) is 27.2. The van der Waals surface area contributed by atoms with E-state index in [2.05, 4.69) is 10.3 Å². The van der Waals surface area contributed by atoms with E-state index in [4.69, 9.17) is 17.3 Å². The molecule has 1 rings (SSSR count). The summed E-state index contributed by atoms with van der Waals surface area (Å²) in [6.45, 7) is 3.78. The highest BCUT2D eigenvalue weighted by Crippen LogP contribution is 2.09. The number of nitrogens with one attached hydrogen (secondary N) is 1. The fraction of sp³-hybridized carbons (Fsp3) is 0.500. The molecule has 0 aliphatic heterocycles. The molecule has 2 amide bonds. The van der Waals surface area contributed by atoms with Crippen LogP contribution in [0.1, 0.15) is 25.8 Å². The zero-order valence-corrected chi connectivity index (χ0v) is 12.8. The number of carbonyl (C=O) groups is 2. The van der Waals surface area contributed by atoms with Crippen LogP contribution in [0.15, 0.2) is 18.3 Å². The van der Waals surface area contributed by atoms with Crippen LogP contribution in [0.25, 0.3) is 0 Å². The van der Waals surface area contributed by atoms with Crippen LogP contribution in [0.4, 0.5) is 0 Å². The first-order chi connectivity index (χ1) is 9.79. The normalized spacial score (nSPS) is 13.8. The molecule has 7 heteroatoms. The Labute approximate surface area is 128 Å². The average molecular weight is 314 g/mol. The van der Waals surface area contributed by atoms with Gasteiger partial charge in [0.1, 0.15) is 17.3 Å². The smallest absolute Gasteiger partial charge is 0.249 e. The van der Waals surface area contributed by atoms with Crippen molar-refractivity contribution in [2.75, 3.05) is 0 Å². The lowest BCUT2D eigenvalue weighted by Gasteiger charge is -2.19. The first-order valence-electron chi connectivity index (χ1n) is 6.67. The van der Waals surface area contributed by atoms with E-state index in [-0.39, 0.29) is 12.3 Å². The largest absolute Gasteiger partial charge is 0.383 e. The lowest BCUT2D eigenvalue weighted by molar-refractivity contribution is -0.133. The quantitative estimate of drug-likeness (QED) is 0.643. The van der Waals surface area contributed by atoms with E-state index >= 15 is 0 Å². The Bertz CT molecular complexity index is 491. The van der Waals surface area contributed by atoms with Gasteiger partial charge in [-0.05, 0) is 24.0 Å². The first-order valence-corrected chi connectivity index (χ1v) is 7.05. The molecular weight excluding hydrogens is 294 g/mol. The van der Waals surface area contributed by atoms with Crippen molar-refractivity contribution in [3.05, 3.63) is 29.0 Å². The molecular formula is C14H20ClN3O3. The highest BCUT2D eigenvalue weighted by Gasteiger charge is 2.23. The Hall–Kier alpha value is -1.66. The second kappa shape index (κ2) is 7.95. The summed E-state index contributed by atoms with van der Waals surface area (Å²) in [7, 11) is 0. The van der Waals surface area contributed by atoms with Gasteiger partial charge in [-0.25, -0.2) is 4.98 Å². The van der Waals surface area contributed by atoms with Gasteiger partial charge in [-0.15, -0.1) is 0 Å². The molecule has 2 atom stereocenters. The van der Waals surface area contributed by atoms with Crippen molar-refractivity contribution in [1.82, 2.24) is 10.3 Å². The number of nitrogens with zero attached hydrogens (tertiary/aromatic N) is 1. The number of rotatable bonds is 7. The molecule has 1 aromatic heterocycles. The topological polar surface area (TPSA) is 105 Å². The van der Waals surface area contributed by atoms with E-state index in [0.29, 0.717) is 17.1 Å². The molecule has 0 aliphatic carbocycles. The third-order valence-electron chi connectivity index (χ3n) is 2.89. The van der Waals surface area contributed by atoms with Gasteiger partial charge in [0.2, 0.25) is 11.8 Å². The van der Waals surface area contributed by atoms with Gasteiger partial charge in [0.15, 0.2) is 0 Å². The van der Waals surface area contributed by atoms with Crippen LogP contribution in [0, 0.1) is 5.92 Å². The first kappa shape index (κ1) is 17.4. The van der Waals surface area contributed by atoms with Gasteiger partial charge < -0.3 is 16.2 Å². The van der Waals surface area contributed by atoms with Gasteiger partial charge in [0.05, 0.1) is 0 Å². The van der Waals surface area contributed by atoms with E-state index in [1.54, 1.807) is 12.1 Å². The zero-order valence-electron chi connectivity index (χ0n) is 12.0. The number of aliphatic hydroxyl groups is 1. The van der Waals surface area contributed by atoms with Gasteiger partial charge in [-0.1, -0.05) is 31.5 Å². The Kier molecular flexibility index (Phi) is 6.58. The van der Waals surface area contributed by atoms with Crippen molar-refractivity contribution in [1.29, 1.82) is 0 Å². The van der Waals surface area contributed by atoms with Crippen molar-refractivity contribution in [2.24, 2.45) is 11.7 Å². The van der Waals surface area contributed by atoms with Crippen LogP contribution in [0.2, 0.25) is 5.15 Å². The number of aliphatic hydroxyl groups excluding tert-OH is 1. The monoisotopic (exact) mass is 313 g/mol. The molecule has 0 bridgehead atoms. The number of nitrogens with two attached hydrogens (primary N) is 1. The summed E-state index contributed by atoms with van der Waals surface area (Å²) in [6.07, 6.45) is 0.865. The fourth-order valence-electron chi connectivity index (χ4n) is 1.81. The maximum atomic E-state index is 11.8.